The van der Waals surface area contributed by atoms with Crippen molar-refractivity contribution in [2.24, 2.45) is 5.73 Å². The second kappa shape index (κ2) is 4.00. The van der Waals surface area contributed by atoms with Gasteiger partial charge >= 0.3 is 0 Å². The van der Waals surface area contributed by atoms with Gasteiger partial charge in [-0.15, -0.1) is 0 Å². The van der Waals surface area contributed by atoms with Gasteiger partial charge in [0.1, 0.15) is 0 Å². The molecule has 69 valence electrons. The standard InChI is InChI=1S/C9H11N2O2/c1-7(10)6-8-2-4-9(5-3-8)11(12)13/h2-5,7H,1,6,10H2. The van der Waals surface area contributed by atoms with Crippen molar-refractivity contribution in [1.82, 2.24) is 0 Å². The number of benzene rings is 1. The molecule has 1 aromatic carbocycles. The minimum Gasteiger partial charge on any atom is -0.327 e. The summed E-state index contributed by atoms with van der Waals surface area (Å²) in [5, 5.41) is 10.3. The average Bonchev–Trinajstić information content (AvgIpc) is 2.04. The molecule has 4 heteroatoms. The third kappa shape index (κ3) is 2.83. The maximum absolute atomic E-state index is 10.3. The second-order valence-corrected chi connectivity index (χ2v) is 2.89. The Kier molecular flexibility index (Phi) is 2.97. The molecule has 2 N–H and O–H groups in total. The maximum Gasteiger partial charge on any atom is 0.269 e. The first-order chi connectivity index (χ1) is 6.09. The average molecular weight is 179 g/mol. The number of non-ortho nitro benzene ring substituents is 1. The van der Waals surface area contributed by atoms with Crippen LogP contribution in [0.5, 0.6) is 0 Å². The number of rotatable bonds is 3. The van der Waals surface area contributed by atoms with E-state index in [0.29, 0.717) is 6.42 Å². The molecule has 0 saturated heterocycles. The van der Waals surface area contributed by atoms with Gasteiger partial charge in [0.15, 0.2) is 0 Å². The van der Waals surface area contributed by atoms with Gasteiger partial charge in [0.25, 0.3) is 5.69 Å². The van der Waals surface area contributed by atoms with Gasteiger partial charge in [-0.3, -0.25) is 10.1 Å². The van der Waals surface area contributed by atoms with Crippen LogP contribution in [0.4, 0.5) is 5.69 Å². The van der Waals surface area contributed by atoms with E-state index in [2.05, 4.69) is 6.92 Å². The minimum atomic E-state index is -0.423. The lowest BCUT2D eigenvalue weighted by atomic mass is 10.1. The van der Waals surface area contributed by atoms with Crippen molar-refractivity contribution in [3.8, 4) is 0 Å². The molecule has 0 fully saturated rings. The summed E-state index contributed by atoms with van der Waals surface area (Å²) in [6.07, 6.45) is 0.637. The largest absolute Gasteiger partial charge is 0.327 e. The maximum atomic E-state index is 10.3. The fourth-order valence-electron chi connectivity index (χ4n) is 1.06. The van der Waals surface area contributed by atoms with Crippen molar-refractivity contribution in [2.45, 2.75) is 12.5 Å². The van der Waals surface area contributed by atoms with Gasteiger partial charge in [0.05, 0.1) is 4.92 Å². The molecule has 1 atom stereocenters. The van der Waals surface area contributed by atoms with E-state index in [9.17, 15) is 10.1 Å². The Labute approximate surface area is 76.5 Å². The predicted octanol–water partition coefficient (Wildman–Crippen LogP) is 1.30. The second-order valence-electron chi connectivity index (χ2n) is 2.89. The Morgan fingerprint density at radius 2 is 2.00 bits per heavy atom. The summed E-state index contributed by atoms with van der Waals surface area (Å²) in [6, 6.07) is 6.17. The highest BCUT2D eigenvalue weighted by Gasteiger charge is 2.04. The normalized spacial score (nSPS) is 12.5. The molecule has 13 heavy (non-hydrogen) atoms. The summed E-state index contributed by atoms with van der Waals surface area (Å²) in [4.78, 5) is 9.88. The van der Waals surface area contributed by atoms with E-state index in [1.54, 1.807) is 12.1 Å². The topological polar surface area (TPSA) is 69.2 Å². The van der Waals surface area contributed by atoms with Crippen molar-refractivity contribution in [1.29, 1.82) is 0 Å². The molecule has 0 saturated carbocycles. The Hall–Kier alpha value is -1.42. The smallest absolute Gasteiger partial charge is 0.269 e. The van der Waals surface area contributed by atoms with Crippen LogP contribution in [0, 0.1) is 17.0 Å². The van der Waals surface area contributed by atoms with Crippen LogP contribution in [0.2, 0.25) is 0 Å². The van der Waals surface area contributed by atoms with Gasteiger partial charge in [-0.1, -0.05) is 12.1 Å². The van der Waals surface area contributed by atoms with E-state index in [-0.39, 0.29) is 11.7 Å². The molecule has 0 aromatic heterocycles. The molecule has 0 spiro atoms. The lowest BCUT2D eigenvalue weighted by Crippen LogP contribution is -2.18. The molecule has 0 aliphatic rings. The minimum absolute atomic E-state index is 0.0985. The van der Waals surface area contributed by atoms with Crippen LogP contribution in [0.1, 0.15) is 5.56 Å². The SMILES string of the molecule is [CH2]C(N)Cc1ccc([N+](=O)[O-])cc1. The molecule has 1 rings (SSSR count). The van der Waals surface area contributed by atoms with E-state index in [0.717, 1.165) is 5.56 Å². The van der Waals surface area contributed by atoms with Crippen molar-refractivity contribution in [3.05, 3.63) is 46.9 Å². The molecule has 0 bridgehead atoms. The number of nitro groups is 1. The molecular formula is C9H11N2O2. The predicted molar refractivity (Wildman–Crippen MR) is 50.1 cm³/mol. The van der Waals surface area contributed by atoms with Crippen molar-refractivity contribution < 1.29 is 4.92 Å². The number of nitro benzene ring substituents is 1. The first-order valence-electron chi connectivity index (χ1n) is 3.91. The highest BCUT2D eigenvalue weighted by atomic mass is 16.6. The summed E-state index contributed by atoms with van der Waals surface area (Å²) in [7, 11) is 0. The Balaban J connectivity index is 2.75. The van der Waals surface area contributed by atoms with Crippen molar-refractivity contribution in [2.75, 3.05) is 0 Å². The van der Waals surface area contributed by atoms with Crippen LogP contribution in [-0.2, 0) is 6.42 Å². The van der Waals surface area contributed by atoms with Gasteiger partial charge in [-0.25, -0.2) is 0 Å². The summed E-state index contributed by atoms with van der Waals surface area (Å²) >= 11 is 0. The van der Waals surface area contributed by atoms with Gasteiger partial charge < -0.3 is 5.73 Å². The molecule has 4 nitrogen and oxygen atoms in total. The molecule has 1 unspecified atom stereocenters. The molecule has 0 amide bonds. The van der Waals surface area contributed by atoms with E-state index < -0.39 is 4.92 Å². The van der Waals surface area contributed by atoms with Gasteiger partial charge in [-0.2, -0.15) is 0 Å². The Morgan fingerprint density at radius 1 is 1.46 bits per heavy atom. The highest BCUT2D eigenvalue weighted by molar-refractivity contribution is 5.33. The van der Waals surface area contributed by atoms with Gasteiger partial charge in [0.2, 0.25) is 0 Å². The third-order valence-electron chi connectivity index (χ3n) is 1.65. The van der Waals surface area contributed by atoms with E-state index in [1.807, 2.05) is 0 Å². The molecule has 0 aliphatic carbocycles. The quantitative estimate of drug-likeness (QED) is 0.561. The lowest BCUT2D eigenvalue weighted by Gasteiger charge is -2.03. The first kappa shape index (κ1) is 9.67. The number of nitrogens with two attached hydrogens (primary N) is 1. The molecule has 1 aromatic rings. The van der Waals surface area contributed by atoms with Crippen LogP contribution in [0.25, 0.3) is 0 Å². The Bertz CT molecular complexity index is 293. The summed E-state index contributed by atoms with van der Waals surface area (Å²) < 4.78 is 0. The van der Waals surface area contributed by atoms with E-state index in [4.69, 9.17) is 5.73 Å². The van der Waals surface area contributed by atoms with Gasteiger partial charge in [-0.05, 0) is 18.9 Å². The van der Waals surface area contributed by atoms with Crippen LogP contribution >= 0.6 is 0 Å². The van der Waals surface area contributed by atoms with Crippen molar-refractivity contribution in [3.63, 3.8) is 0 Å². The summed E-state index contributed by atoms with van der Waals surface area (Å²) in [6.45, 7) is 3.64. The molecule has 0 heterocycles. The van der Waals surface area contributed by atoms with Gasteiger partial charge in [0, 0.05) is 18.2 Å². The van der Waals surface area contributed by atoms with Crippen LogP contribution in [-0.4, -0.2) is 11.0 Å². The monoisotopic (exact) mass is 179 g/mol. The number of hydrogen-bond donors (Lipinski definition) is 1. The molecular weight excluding hydrogens is 168 g/mol. The molecule has 1 radical (unpaired) electrons. The van der Waals surface area contributed by atoms with Crippen LogP contribution in [0.15, 0.2) is 24.3 Å². The zero-order valence-corrected chi connectivity index (χ0v) is 7.14. The van der Waals surface area contributed by atoms with Crippen molar-refractivity contribution >= 4 is 5.69 Å². The fourth-order valence-corrected chi connectivity index (χ4v) is 1.06. The summed E-state index contributed by atoms with van der Waals surface area (Å²) in [5.41, 5.74) is 6.54. The zero-order chi connectivity index (χ0) is 9.84. The van der Waals surface area contributed by atoms with Crippen LogP contribution < -0.4 is 5.73 Å². The van der Waals surface area contributed by atoms with E-state index >= 15 is 0 Å². The first-order valence-corrected chi connectivity index (χ1v) is 3.91. The van der Waals surface area contributed by atoms with E-state index in [1.165, 1.54) is 12.1 Å². The zero-order valence-electron chi connectivity index (χ0n) is 7.14. The number of hydrogen-bond acceptors (Lipinski definition) is 3. The fraction of sp³-hybridized carbons (Fsp3) is 0.222. The van der Waals surface area contributed by atoms with Crippen LogP contribution in [0.3, 0.4) is 0 Å². The molecule has 0 aliphatic heterocycles. The Morgan fingerprint density at radius 3 is 2.38 bits per heavy atom. The highest BCUT2D eigenvalue weighted by Crippen LogP contribution is 2.12. The third-order valence-corrected chi connectivity index (χ3v) is 1.65. The summed E-state index contributed by atoms with van der Waals surface area (Å²) in [5.74, 6) is 0. The lowest BCUT2D eigenvalue weighted by molar-refractivity contribution is -0.384. The number of nitrogens with zero attached hydrogens (tertiary/aromatic N) is 1.